The monoisotopic (exact) mass is 689 g/mol. The molecule has 2 fully saturated rings. The van der Waals surface area contributed by atoms with Crippen molar-refractivity contribution in [2.24, 2.45) is 5.92 Å². The minimum Gasteiger partial charge on any atom is -0.481 e. The number of hydrogen-bond acceptors (Lipinski definition) is 9. The van der Waals surface area contributed by atoms with Crippen molar-refractivity contribution in [1.82, 2.24) is 19.8 Å². The van der Waals surface area contributed by atoms with Crippen LogP contribution in [0.1, 0.15) is 60.1 Å². The second-order valence-corrected chi connectivity index (χ2v) is 14.3. The zero-order valence-electron chi connectivity index (χ0n) is 28.4. The number of nitriles is 1. The first kappa shape index (κ1) is 32.7. The van der Waals surface area contributed by atoms with Crippen molar-refractivity contribution in [3.05, 3.63) is 93.5 Å². The van der Waals surface area contributed by atoms with Crippen LogP contribution in [-0.2, 0) is 19.5 Å². The zero-order valence-corrected chi connectivity index (χ0v) is 29.1. The summed E-state index contributed by atoms with van der Waals surface area (Å²) in [5.41, 5.74) is 8.43. The van der Waals surface area contributed by atoms with E-state index in [2.05, 4.69) is 41.0 Å². The first-order valence-corrected chi connectivity index (χ1v) is 17.8. The largest absolute Gasteiger partial charge is 0.481 e. The number of oxazole rings is 1. The Morgan fingerprint density at radius 1 is 0.960 bits per heavy atom. The molecular formula is C40H40ClN5O4. The number of hydrogen-bond donors (Lipinski definition) is 1. The van der Waals surface area contributed by atoms with Gasteiger partial charge in [0.05, 0.1) is 29.4 Å². The third-order valence-corrected chi connectivity index (χ3v) is 10.7. The average molecular weight is 690 g/mol. The van der Waals surface area contributed by atoms with E-state index in [1.807, 2.05) is 42.5 Å². The van der Waals surface area contributed by atoms with Gasteiger partial charge in [-0.3, -0.25) is 9.80 Å². The van der Waals surface area contributed by atoms with Gasteiger partial charge in [0.15, 0.2) is 5.58 Å². The molecule has 1 aliphatic carbocycles. The number of nitrogens with zero attached hydrogens (tertiary/aromatic N) is 5. The van der Waals surface area contributed by atoms with Crippen LogP contribution in [0.15, 0.2) is 65.1 Å². The Kier molecular flexibility index (Phi) is 8.96. The van der Waals surface area contributed by atoms with Crippen LogP contribution in [0.4, 0.5) is 0 Å². The van der Waals surface area contributed by atoms with E-state index in [-0.39, 0.29) is 12.2 Å². The molecule has 0 saturated carbocycles. The number of aliphatic hydroxyl groups excluding tert-OH is 1. The summed E-state index contributed by atoms with van der Waals surface area (Å²) >= 11 is 7.17. The first-order chi connectivity index (χ1) is 24.4. The van der Waals surface area contributed by atoms with Crippen molar-refractivity contribution >= 4 is 22.7 Å². The Morgan fingerprint density at radius 2 is 1.76 bits per heavy atom. The molecule has 5 aromatic rings. The maximum absolute atomic E-state index is 9.96. The topological polar surface area (TPSA) is 108 Å². The number of benzene rings is 3. The van der Waals surface area contributed by atoms with Gasteiger partial charge in [0.2, 0.25) is 17.7 Å². The van der Waals surface area contributed by atoms with Crippen molar-refractivity contribution in [3.63, 3.8) is 0 Å². The summed E-state index contributed by atoms with van der Waals surface area (Å²) in [6.07, 6.45) is 3.19. The Labute approximate surface area is 297 Å². The van der Waals surface area contributed by atoms with E-state index in [4.69, 9.17) is 35.5 Å². The summed E-state index contributed by atoms with van der Waals surface area (Å²) in [7, 11) is 1.67. The lowest BCUT2D eigenvalue weighted by Gasteiger charge is -2.19. The highest BCUT2D eigenvalue weighted by molar-refractivity contribution is 6.36. The van der Waals surface area contributed by atoms with Gasteiger partial charge in [-0.25, -0.2) is 4.98 Å². The summed E-state index contributed by atoms with van der Waals surface area (Å²) in [4.78, 5) is 14.2. The molecule has 0 bridgehead atoms. The minimum absolute atomic E-state index is 0.145. The lowest BCUT2D eigenvalue weighted by molar-refractivity contribution is 0.175. The maximum Gasteiger partial charge on any atom is 0.228 e. The second kappa shape index (κ2) is 13.7. The molecule has 10 heteroatoms. The van der Waals surface area contributed by atoms with Gasteiger partial charge in [0.25, 0.3) is 0 Å². The van der Waals surface area contributed by atoms with E-state index in [1.54, 1.807) is 7.11 Å². The van der Waals surface area contributed by atoms with Crippen molar-refractivity contribution in [2.45, 2.75) is 57.9 Å². The molecule has 0 unspecified atom stereocenters. The number of fused-ring (bicyclic) bond motifs is 2. The van der Waals surface area contributed by atoms with Gasteiger partial charge in [-0.1, -0.05) is 48.9 Å². The number of rotatable bonds is 9. The average Bonchev–Trinajstić information content (AvgIpc) is 3.93. The summed E-state index contributed by atoms with van der Waals surface area (Å²) in [6.45, 7) is 7.40. The molecule has 3 atom stereocenters. The molecule has 50 heavy (non-hydrogen) atoms. The van der Waals surface area contributed by atoms with Crippen LogP contribution < -0.4 is 9.47 Å². The normalized spacial score (nSPS) is 20.7. The lowest BCUT2D eigenvalue weighted by atomic mass is 9.95. The van der Waals surface area contributed by atoms with E-state index in [0.29, 0.717) is 58.0 Å². The highest BCUT2D eigenvalue weighted by atomic mass is 35.5. The SMILES string of the molecule is COc1nc(O[C@@H]2CCc3c(-c4cccc(-c5nc6cc(CN7CC[C@@H](O)C7)cc(C#N)c6o5)c4Cl)cccc32)ccc1CN1CC[C@@H](C)C1. The fourth-order valence-corrected chi connectivity index (χ4v) is 8.17. The third kappa shape index (κ3) is 6.33. The molecule has 3 aromatic carbocycles. The molecule has 8 rings (SSSR count). The summed E-state index contributed by atoms with van der Waals surface area (Å²) in [6, 6.07) is 22.3. The molecule has 256 valence electrons. The third-order valence-electron chi connectivity index (χ3n) is 10.3. The number of β-amino-alcohol motifs (C(OH)–C–C–N with tert-alkyl or cyclic N) is 1. The molecule has 2 aliphatic heterocycles. The summed E-state index contributed by atoms with van der Waals surface area (Å²) < 4.78 is 18.4. The van der Waals surface area contributed by atoms with Crippen molar-refractivity contribution in [1.29, 1.82) is 5.26 Å². The molecule has 0 radical (unpaired) electrons. The predicted octanol–water partition coefficient (Wildman–Crippen LogP) is 7.57. The van der Waals surface area contributed by atoms with Gasteiger partial charge in [0.1, 0.15) is 17.7 Å². The van der Waals surface area contributed by atoms with Crippen LogP contribution in [-0.4, -0.2) is 64.3 Å². The summed E-state index contributed by atoms with van der Waals surface area (Å²) in [5.74, 6) is 2.25. The van der Waals surface area contributed by atoms with Crippen LogP contribution in [0.5, 0.6) is 11.8 Å². The van der Waals surface area contributed by atoms with Gasteiger partial charge < -0.3 is 19.0 Å². The molecule has 3 aliphatic rings. The predicted molar refractivity (Wildman–Crippen MR) is 192 cm³/mol. The molecular weight excluding hydrogens is 650 g/mol. The lowest BCUT2D eigenvalue weighted by Crippen LogP contribution is -2.21. The maximum atomic E-state index is 9.96. The summed E-state index contributed by atoms with van der Waals surface area (Å²) in [5, 5.41) is 20.4. The van der Waals surface area contributed by atoms with E-state index in [9.17, 15) is 10.4 Å². The van der Waals surface area contributed by atoms with Crippen molar-refractivity contribution in [2.75, 3.05) is 33.3 Å². The van der Waals surface area contributed by atoms with E-state index < -0.39 is 0 Å². The number of pyridine rings is 1. The number of aromatic nitrogens is 2. The molecule has 4 heterocycles. The highest BCUT2D eigenvalue weighted by Crippen LogP contribution is 2.44. The Hall–Kier alpha value is -4.46. The first-order valence-electron chi connectivity index (χ1n) is 17.4. The smallest absolute Gasteiger partial charge is 0.228 e. The molecule has 2 aromatic heterocycles. The van der Waals surface area contributed by atoms with E-state index >= 15 is 0 Å². The Balaban J connectivity index is 1.05. The van der Waals surface area contributed by atoms with Crippen LogP contribution in [0.25, 0.3) is 33.7 Å². The van der Waals surface area contributed by atoms with Crippen LogP contribution in [0.3, 0.4) is 0 Å². The van der Waals surface area contributed by atoms with Gasteiger partial charge in [0, 0.05) is 49.9 Å². The van der Waals surface area contributed by atoms with Gasteiger partial charge in [-0.2, -0.15) is 10.2 Å². The van der Waals surface area contributed by atoms with Crippen LogP contribution >= 0.6 is 11.6 Å². The number of methoxy groups -OCH3 is 1. The Bertz CT molecular complexity index is 2110. The second-order valence-electron chi connectivity index (χ2n) is 13.9. The quantitative estimate of drug-likeness (QED) is 0.168. The fraction of sp³-hybridized carbons (Fsp3) is 0.375. The molecule has 0 amide bonds. The zero-order chi connectivity index (χ0) is 34.4. The minimum atomic E-state index is -0.307. The van der Waals surface area contributed by atoms with Crippen molar-refractivity contribution in [3.8, 4) is 40.4 Å². The van der Waals surface area contributed by atoms with Crippen LogP contribution in [0, 0.1) is 17.2 Å². The number of halogens is 1. The van der Waals surface area contributed by atoms with Crippen LogP contribution in [0.2, 0.25) is 5.02 Å². The number of aliphatic hydroxyl groups is 1. The van der Waals surface area contributed by atoms with Gasteiger partial charge in [-0.05, 0) is 84.7 Å². The highest BCUT2D eigenvalue weighted by Gasteiger charge is 2.29. The van der Waals surface area contributed by atoms with Gasteiger partial charge in [-0.15, -0.1) is 0 Å². The van der Waals surface area contributed by atoms with E-state index in [0.717, 1.165) is 79.2 Å². The standard InChI is InChI=1S/C40H40ClN5O4/c1-24-13-15-45(20-24)22-26-9-12-36(44-39(26)48-2)49-35-11-10-30-29(5-3-6-31(30)35)32-7-4-8-33(37(32)41)40-43-34-18-25(17-27(19-42)38(34)50-40)21-46-16-14-28(47)23-46/h3-9,12,17-18,24,28,35,47H,10-11,13-16,20-23H2,1-2H3/t24-,28-,35-/m1/s1. The fourth-order valence-electron chi connectivity index (χ4n) is 7.86. The Morgan fingerprint density at radius 3 is 2.54 bits per heavy atom. The number of ether oxygens (including phenoxy) is 2. The molecule has 1 N–H and O–H groups in total. The number of likely N-dealkylation sites (tertiary alicyclic amines) is 2. The molecule has 9 nitrogen and oxygen atoms in total. The molecule has 0 spiro atoms. The molecule has 2 saturated heterocycles. The van der Waals surface area contributed by atoms with Crippen molar-refractivity contribution < 1.29 is 19.0 Å². The van der Waals surface area contributed by atoms with E-state index in [1.165, 1.54) is 12.0 Å². The van der Waals surface area contributed by atoms with Gasteiger partial charge >= 0.3 is 0 Å².